The summed E-state index contributed by atoms with van der Waals surface area (Å²) < 4.78 is 26.1. The molecular weight excluding hydrogens is 328 g/mol. The topological polar surface area (TPSA) is 23.8 Å². The second kappa shape index (κ2) is 11.6. The van der Waals surface area contributed by atoms with Gasteiger partial charge in [0.1, 0.15) is 0 Å². The zero-order valence-electron chi connectivity index (χ0n) is 15.5. The molecule has 0 aliphatic heterocycles. The Balaban J connectivity index is 1.54. The van der Waals surface area contributed by atoms with Crippen molar-refractivity contribution < 1.29 is 8.78 Å². The van der Waals surface area contributed by atoms with E-state index in [4.69, 9.17) is 5.26 Å². The third-order valence-electron chi connectivity index (χ3n) is 5.44. The van der Waals surface area contributed by atoms with Gasteiger partial charge in [0, 0.05) is 6.08 Å². The number of unbranched alkanes of at least 4 members (excludes halogenated alkanes) is 1. The lowest BCUT2D eigenvalue weighted by atomic mass is 9.78. The Morgan fingerprint density at radius 1 is 0.962 bits per heavy atom. The van der Waals surface area contributed by atoms with Gasteiger partial charge in [-0.15, -0.1) is 0 Å². The van der Waals surface area contributed by atoms with Crippen molar-refractivity contribution in [2.75, 3.05) is 0 Å². The van der Waals surface area contributed by atoms with Crippen LogP contribution >= 0.6 is 0 Å². The predicted octanol–water partition coefficient (Wildman–Crippen LogP) is 6.90. The van der Waals surface area contributed by atoms with Crippen LogP contribution in [0, 0.1) is 34.8 Å². The van der Waals surface area contributed by atoms with Crippen LogP contribution in [0.4, 0.5) is 8.78 Å². The molecule has 3 heteroatoms. The molecule has 0 unspecified atom stereocenters. The molecule has 2 rings (SSSR count). The van der Waals surface area contributed by atoms with E-state index < -0.39 is 11.6 Å². The molecule has 1 fully saturated rings. The SMILES string of the molecule is N#C/C=C/C=C/CC[C@H]1CC[C@H](CCCCc2ccc(F)c(F)c2)CC1. The summed E-state index contributed by atoms with van der Waals surface area (Å²) in [5.41, 5.74) is 0.894. The fourth-order valence-electron chi connectivity index (χ4n) is 3.87. The molecule has 1 aromatic rings. The number of rotatable bonds is 9. The van der Waals surface area contributed by atoms with Crippen LogP contribution in [0.15, 0.2) is 42.5 Å². The predicted molar refractivity (Wildman–Crippen MR) is 102 cm³/mol. The highest BCUT2D eigenvalue weighted by Gasteiger charge is 2.20. The van der Waals surface area contributed by atoms with E-state index in [9.17, 15) is 8.78 Å². The molecule has 0 bridgehead atoms. The molecule has 0 heterocycles. The van der Waals surface area contributed by atoms with Gasteiger partial charge >= 0.3 is 0 Å². The van der Waals surface area contributed by atoms with E-state index in [1.807, 2.05) is 12.1 Å². The Morgan fingerprint density at radius 2 is 1.69 bits per heavy atom. The molecule has 0 saturated heterocycles. The van der Waals surface area contributed by atoms with Gasteiger partial charge in [-0.1, -0.05) is 62.8 Å². The van der Waals surface area contributed by atoms with Crippen molar-refractivity contribution in [3.05, 3.63) is 59.7 Å². The van der Waals surface area contributed by atoms with Crippen LogP contribution in [0.1, 0.15) is 63.4 Å². The molecule has 0 N–H and O–H groups in total. The largest absolute Gasteiger partial charge is 0.204 e. The first-order chi connectivity index (χ1) is 12.7. The lowest BCUT2D eigenvalue weighted by molar-refractivity contribution is 0.250. The maximum absolute atomic E-state index is 13.2. The Bertz CT molecular complexity index is 634. The van der Waals surface area contributed by atoms with E-state index in [0.717, 1.165) is 36.7 Å². The first-order valence-corrected chi connectivity index (χ1v) is 9.84. The van der Waals surface area contributed by atoms with E-state index in [1.165, 1.54) is 63.2 Å². The van der Waals surface area contributed by atoms with Crippen LogP contribution in [0.25, 0.3) is 0 Å². The minimum absolute atomic E-state index is 0.739. The molecule has 1 aliphatic rings. The highest BCUT2D eigenvalue weighted by atomic mass is 19.2. The van der Waals surface area contributed by atoms with Gasteiger partial charge in [0.25, 0.3) is 0 Å². The first-order valence-electron chi connectivity index (χ1n) is 9.84. The number of allylic oxidation sites excluding steroid dienone is 4. The number of aryl methyl sites for hydroxylation is 1. The molecule has 1 nitrogen and oxygen atoms in total. The quantitative estimate of drug-likeness (QED) is 0.268. The van der Waals surface area contributed by atoms with Crippen molar-refractivity contribution in [2.45, 2.75) is 64.2 Å². The first kappa shape index (κ1) is 20.4. The minimum Gasteiger partial charge on any atom is -0.204 e. The maximum atomic E-state index is 13.2. The second-order valence-corrected chi connectivity index (χ2v) is 7.37. The molecule has 0 spiro atoms. The van der Waals surface area contributed by atoms with Crippen molar-refractivity contribution >= 4 is 0 Å². The average molecular weight is 357 g/mol. The Morgan fingerprint density at radius 3 is 2.38 bits per heavy atom. The number of nitrogens with zero attached hydrogens (tertiary/aromatic N) is 1. The minimum atomic E-state index is -0.764. The van der Waals surface area contributed by atoms with Crippen molar-refractivity contribution in [3.63, 3.8) is 0 Å². The summed E-state index contributed by atoms with van der Waals surface area (Å²) in [5, 5.41) is 8.41. The van der Waals surface area contributed by atoms with E-state index in [2.05, 4.69) is 6.08 Å². The molecule has 0 atom stereocenters. The summed E-state index contributed by atoms with van der Waals surface area (Å²) in [6.07, 6.45) is 19.4. The fraction of sp³-hybridized carbons (Fsp3) is 0.522. The number of benzene rings is 1. The summed E-state index contributed by atoms with van der Waals surface area (Å²) in [6, 6.07) is 6.22. The van der Waals surface area contributed by atoms with Gasteiger partial charge in [-0.2, -0.15) is 5.26 Å². The Labute approximate surface area is 156 Å². The van der Waals surface area contributed by atoms with Gasteiger partial charge in [-0.3, -0.25) is 0 Å². The lowest BCUT2D eigenvalue weighted by Gasteiger charge is -2.28. The van der Waals surface area contributed by atoms with Crippen LogP contribution in [-0.4, -0.2) is 0 Å². The number of nitriles is 1. The zero-order chi connectivity index (χ0) is 18.6. The summed E-state index contributed by atoms with van der Waals surface area (Å²) in [4.78, 5) is 0. The zero-order valence-corrected chi connectivity index (χ0v) is 15.5. The molecule has 1 aromatic carbocycles. The third kappa shape index (κ3) is 7.52. The number of hydrogen-bond donors (Lipinski definition) is 0. The summed E-state index contributed by atoms with van der Waals surface area (Å²) in [7, 11) is 0. The van der Waals surface area contributed by atoms with E-state index in [0.29, 0.717) is 0 Å². The molecule has 1 saturated carbocycles. The maximum Gasteiger partial charge on any atom is 0.159 e. The number of halogens is 2. The highest BCUT2D eigenvalue weighted by molar-refractivity contribution is 5.17. The van der Waals surface area contributed by atoms with Crippen LogP contribution < -0.4 is 0 Å². The molecule has 1 aliphatic carbocycles. The molecule has 0 amide bonds. The normalized spacial score (nSPS) is 20.7. The van der Waals surface area contributed by atoms with Crippen molar-refractivity contribution in [3.8, 4) is 6.07 Å². The van der Waals surface area contributed by atoms with E-state index >= 15 is 0 Å². The molecule has 0 aromatic heterocycles. The van der Waals surface area contributed by atoms with E-state index in [-0.39, 0.29) is 0 Å². The molecular formula is C23H29F2N. The van der Waals surface area contributed by atoms with Crippen molar-refractivity contribution in [2.24, 2.45) is 11.8 Å². The van der Waals surface area contributed by atoms with E-state index in [1.54, 1.807) is 12.1 Å². The van der Waals surface area contributed by atoms with Crippen molar-refractivity contribution in [1.29, 1.82) is 5.26 Å². The second-order valence-electron chi connectivity index (χ2n) is 7.37. The van der Waals surface area contributed by atoms with Gasteiger partial charge in [0.2, 0.25) is 0 Å². The average Bonchev–Trinajstić information content (AvgIpc) is 2.65. The standard InChI is InChI=1S/C23H29F2N/c24-22-16-15-21(18-23(22)25)10-6-5-9-20-13-11-19(12-14-20)8-4-2-1-3-7-17-26/h1-3,7,15-16,18-20H,4-6,8-14H2/b2-1+,7-3+/t19-,20-. The monoisotopic (exact) mass is 357 g/mol. The van der Waals surface area contributed by atoms with Crippen LogP contribution in [-0.2, 0) is 6.42 Å². The summed E-state index contributed by atoms with van der Waals surface area (Å²) in [5.74, 6) is 0.180. The van der Waals surface area contributed by atoms with Crippen molar-refractivity contribution in [1.82, 2.24) is 0 Å². The van der Waals surface area contributed by atoms with Crippen LogP contribution in [0.2, 0.25) is 0 Å². The molecule has 140 valence electrons. The van der Waals surface area contributed by atoms with Gasteiger partial charge in [-0.25, -0.2) is 8.78 Å². The molecule has 26 heavy (non-hydrogen) atoms. The van der Waals surface area contributed by atoms with Crippen LogP contribution in [0.5, 0.6) is 0 Å². The van der Waals surface area contributed by atoms with Gasteiger partial charge in [0.15, 0.2) is 11.6 Å². The van der Waals surface area contributed by atoms with Gasteiger partial charge in [-0.05, 0) is 55.2 Å². The smallest absolute Gasteiger partial charge is 0.159 e. The Hall–Kier alpha value is -1.95. The molecule has 0 radical (unpaired) electrons. The van der Waals surface area contributed by atoms with Gasteiger partial charge in [0.05, 0.1) is 6.07 Å². The van der Waals surface area contributed by atoms with Crippen LogP contribution in [0.3, 0.4) is 0 Å². The summed E-state index contributed by atoms with van der Waals surface area (Å²) >= 11 is 0. The Kier molecular flexibility index (Phi) is 9.10. The highest BCUT2D eigenvalue weighted by Crippen LogP contribution is 2.34. The fourth-order valence-corrected chi connectivity index (χ4v) is 3.87. The lowest BCUT2D eigenvalue weighted by Crippen LogP contribution is -2.14. The van der Waals surface area contributed by atoms with Gasteiger partial charge < -0.3 is 0 Å². The summed E-state index contributed by atoms with van der Waals surface area (Å²) in [6.45, 7) is 0. The third-order valence-corrected chi connectivity index (χ3v) is 5.44. The number of hydrogen-bond acceptors (Lipinski definition) is 1.